The molecule has 0 bridgehead atoms. The van der Waals surface area contributed by atoms with Crippen LogP contribution in [0.5, 0.6) is 0 Å². The van der Waals surface area contributed by atoms with Crippen LogP contribution in [0.25, 0.3) is 22.2 Å². The van der Waals surface area contributed by atoms with Crippen LogP contribution in [-0.4, -0.2) is 46.3 Å². The second kappa shape index (κ2) is 10.9. The van der Waals surface area contributed by atoms with Crippen LogP contribution in [0.2, 0.25) is 0 Å². The van der Waals surface area contributed by atoms with E-state index in [1.165, 1.54) is 27.9 Å². The lowest BCUT2D eigenvalue weighted by Crippen LogP contribution is -2.47. The van der Waals surface area contributed by atoms with E-state index in [9.17, 15) is 0 Å². The summed E-state index contributed by atoms with van der Waals surface area (Å²) in [7, 11) is 0. The lowest BCUT2D eigenvalue weighted by Gasteiger charge is -2.38. The molecule has 192 valence electrons. The summed E-state index contributed by atoms with van der Waals surface area (Å²) in [4.78, 5) is 13.8. The number of aryl methyl sites for hydroxylation is 2. The van der Waals surface area contributed by atoms with Gasteiger partial charge >= 0.3 is 0 Å². The predicted molar refractivity (Wildman–Crippen MR) is 155 cm³/mol. The van der Waals surface area contributed by atoms with E-state index in [4.69, 9.17) is 0 Å². The molecule has 0 spiro atoms. The SMILES string of the molecule is Cc1c(CCC[n+]2ccccc2)cc(-c2ccccc2)cc1N1CCN(c2ncnc3n[nH]c(Br)c23)CC1. The van der Waals surface area contributed by atoms with Gasteiger partial charge in [0.05, 0.1) is 5.39 Å². The van der Waals surface area contributed by atoms with Gasteiger partial charge < -0.3 is 9.80 Å². The summed E-state index contributed by atoms with van der Waals surface area (Å²) in [5.41, 5.74) is 7.40. The number of pyridine rings is 1. The summed E-state index contributed by atoms with van der Waals surface area (Å²) in [5.74, 6) is 0.934. The number of anilines is 2. The molecule has 0 radical (unpaired) electrons. The van der Waals surface area contributed by atoms with Crippen LogP contribution < -0.4 is 14.4 Å². The zero-order valence-electron chi connectivity index (χ0n) is 21.5. The van der Waals surface area contributed by atoms with Gasteiger partial charge in [-0.3, -0.25) is 5.10 Å². The van der Waals surface area contributed by atoms with Gasteiger partial charge in [0.25, 0.3) is 0 Å². The Morgan fingerprint density at radius 1 is 0.895 bits per heavy atom. The van der Waals surface area contributed by atoms with Crippen molar-refractivity contribution in [1.29, 1.82) is 0 Å². The molecule has 1 N–H and O–H groups in total. The lowest BCUT2D eigenvalue weighted by molar-refractivity contribution is -0.697. The molecule has 6 rings (SSSR count). The number of nitrogens with one attached hydrogen (secondary N) is 1. The molecule has 38 heavy (non-hydrogen) atoms. The number of hydrogen-bond donors (Lipinski definition) is 1. The molecular weight excluding hydrogens is 538 g/mol. The fourth-order valence-corrected chi connectivity index (χ4v) is 5.83. The molecule has 3 aromatic heterocycles. The van der Waals surface area contributed by atoms with Crippen LogP contribution in [0.15, 0.2) is 84.0 Å². The summed E-state index contributed by atoms with van der Waals surface area (Å²) >= 11 is 3.58. The van der Waals surface area contributed by atoms with Gasteiger partial charge in [0, 0.05) is 50.4 Å². The zero-order valence-corrected chi connectivity index (χ0v) is 23.1. The highest BCUT2D eigenvalue weighted by Crippen LogP contribution is 2.34. The molecule has 2 aromatic carbocycles. The molecule has 8 heteroatoms. The number of halogens is 1. The molecule has 4 heterocycles. The number of nitrogens with zero attached hydrogens (tertiary/aromatic N) is 6. The Labute approximate surface area is 231 Å². The predicted octanol–water partition coefficient (Wildman–Crippen LogP) is 5.34. The van der Waals surface area contributed by atoms with Crippen LogP contribution in [-0.2, 0) is 13.0 Å². The minimum absolute atomic E-state index is 0.689. The summed E-state index contributed by atoms with van der Waals surface area (Å²) in [6.07, 6.45) is 8.04. The van der Waals surface area contributed by atoms with Crippen molar-refractivity contribution in [2.24, 2.45) is 0 Å². The molecule has 1 aliphatic rings. The number of fused-ring (bicyclic) bond motifs is 1. The molecule has 1 saturated heterocycles. The fourth-order valence-electron chi connectivity index (χ4n) is 5.38. The van der Waals surface area contributed by atoms with Gasteiger partial charge in [-0.2, -0.15) is 5.10 Å². The first kappa shape index (κ1) is 24.6. The van der Waals surface area contributed by atoms with E-state index < -0.39 is 0 Å². The minimum Gasteiger partial charge on any atom is -0.368 e. The van der Waals surface area contributed by atoms with Gasteiger partial charge in [0.1, 0.15) is 23.3 Å². The number of benzene rings is 2. The molecule has 1 aliphatic heterocycles. The number of rotatable bonds is 7. The lowest BCUT2D eigenvalue weighted by atomic mass is 9.94. The first-order valence-corrected chi connectivity index (χ1v) is 13.9. The number of piperazine rings is 1. The van der Waals surface area contributed by atoms with E-state index in [-0.39, 0.29) is 0 Å². The first-order valence-electron chi connectivity index (χ1n) is 13.1. The zero-order chi connectivity index (χ0) is 25.9. The Morgan fingerprint density at radius 3 is 2.42 bits per heavy atom. The third-order valence-electron chi connectivity index (χ3n) is 7.44. The Hall–Kier alpha value is -3.78. The summed E-state index contributed by atoms with van der Waals surface area (Å²) in [6, 6.07) is 21.8. The molecule has 0 aliphatic carbocycles. The maximum absolute atomic E-state index is 4.61. The molecule has 0 atom stereocenters. The second-order valence-corrected chi connectivity index (χ2v) is 10.6. The summed E-state index contributed by atoms with van der Waals surface area (Å²) in [5, 5.41) is 8.20. The molecule has 5 aromatic rings. The number of H-pyrrole nitrogens is 1. The van der Waals surface area contributed by atoms with Gasteiger partial charge in [-0.05, 0) is 57.6 Å². The van der Waals surface area contributed by atoms with Crippen molar-refractivity contribution in [3.8, 4) is 11.1 Å². The fraction of sp³-hybridized carbons (Fsp3) is 0.267. The standard InChI is InChI=1S/C30H31BrN7/c1-22-24(11-8-14-36-12-6-3-7-13-36)19-25(23-9-4-2-5-10-23)20-26(22)37-15-17-38(18-16-37)30-27-28(31)34-35-29(27)32-21-33-30/h2-7,9-10,12-13,19-21H,8,11,14-18H2,1H3,(H,32,33,34,35)/q+1. The third kappa shape index (κ3) is 5.00. The summed E-state index contributed by atoms with van der Waals surface area (Å²) in [6.45, 7) is 6.94. The van der Waals surface area contributed by atoms with Gasteiger partial charge in [-0.15, -0.1) is 0 Å². The van der Waals surface area contributed by atoms with E-state index in [2.05, 4.69) is 130 Å². The summed E-state index contributed by atoms with van der Waals surface area (Å²) < 4.78 is 3.09. The average molecular weight is 570 g/mol. The highest BCUT2D eigenvalue weighted by Gasteiger charge is 2.24. The topological polar surface area (TPSA) is 64.8 Å². The van der Waals surface area contributed by atoms with Crippen LogP contribution in [0.3, 0.4) is 0 Å². The average Bonchev–Trinajstić information content (AvgIpc) is 3.36. The van der Waals surface area contributed by atoms with Gasteiger partial charge in [-0.1, -0.05) is 42.5 Å². The Balaban J connectivity index is 1.25. The van der Waals surface area contributed by atoms with E-state index in [0.717, 1.165) is 61.4 Å². The smallest absolute Gasteiger partial charge is 0.187 e. The normalized spacial score (nSPS) is 13.8. The van der Waals surface area contributed by atoms with Crippen LogP contribution in [0.1, 0.15) is 17.5 Å². The minimum atomic E-state index is 0.689. The second-order valence-electron chi connectivity index (χ2n) is 9.77. The van der Waals surface area contributed by atoms with Crippen LogP contribution in [0.4, 0.5) is 11.5 Å². The number of hydrogen-bond acceptors (Lipinski definition) is 5. The van der Waals surface area contributed by atoms with Crippen molar-refractivity contribution in [2.45, 2.75) is 26.3 Å². The maximum Gasteiger partial charge on any atom is 0.187 e. The van der Waals surface area contributed by atoms with Crippen molar-refractivity contribution >= 4 is 38.5 Å². The molecular formula is C30H31BrN7+. The van der Waals surface area contributed by atoms with Crippen molar-refractivity contribution < 1.29 is 4.57 Å². The van der Waals surface area contributed by atoms with Crippen LogP contribution in [0, 0.1) is 6.92 Å². The molecule has 7 nitrogen and oxygen atoms in total. The van der Waals surface area contributed by atoms with Crippen molar-refractivity contribution in [3.63, 3.8) is 0 Å². The Morgan fingerprint density at radius 2 is 1.63 bits per heavy atom. The quantitative estimate of drug-likeness (QED) is 0.268. The van der Waals surface area contributed by atoms with E-state index in [1.54, 1.807) is 6.33 Å². The van der Waals surface area contributed by atoms with E-state index >= 15 is 0 Å². The monoisotopic (exact) mass is 568 g/mol. The Bertz CT molecular complexity index is 1530. The third-order valence-corrected chi connectivity index (χ3v) is 8.02. The van der Waals surface area contributed by atoms with Gasteiger partial charge in [-0.25, -0.2) is 14.5 Å². The number of aromatic nitrogens is 5. The first-order chi connectivity index (χ1) is 18.7. The molecule has 1 fully saturated rings. The largest absolute Gasteiger partial charge is 0.368 e. The van der Waals surface area contributed by atoms with Crippen molar-refractivity contribution in [3.05, 3.63) is 95.1 Å². The van der Waals surface area contributed by atoms with Crippen LogP contribution >= 0.6 is 15.9 Å². The highest BCUT2D eigenvalue weighted by molar-refractivity contribution is 9.10. The van der Waals surface area contributed by atoms with Gasteiger partial charge in [0.2, 0.25) is 0 Å². The molecule has 0 saturated carbocycles. The van der Waals surface area contributed by atoms with Crippen molar-refractivity contribution in [2.75, 3.05) is 36.0 Å². The highest BCUT2D eigenvalue weighted by atomic mass is 79.9. The van der Waals surface area contributed by atoms with E-state index in [1.807, 2.05) is 0 Å². The van der Waals surface area contributed by atoms with Crippen molar-refractivity contribution in [1.82, 2.24) is 20.2 Å². The van der Waals surface area contributed by atoms with E-state index in [0.29, 0.717) is 5.65 Å². The van der Waals surface area contributed by atoms with Gasteiger partial charge in [0.15, 0.2) is 18.0 Å². The maximum atomic E-state index is 4.61. The number of aromatic amines is 1. The Kier molecular flexibility index (Phi) is 7.05. The molecule has 0 unspecified atom stereocenters. The molecule has 0 amide bonds.